The summed E-state index contributed by atoms with van der Waals surface area (Å²) in [5, 5.41) is 8.77. The van der Waals surface area contributed by atoms with Crippen LogP contribution in [0.2, 0.25) is 10.0 Å². The molecule has 10 heteroatoms. The van der Waals surface area contributed by atoms with Crippen LogP contribution < -0.4 is 10.1 Å². The van der Waals surface area contributed by atoms with Gasteiger partial charge in [-0.15, -0.1) is 22.7 Å². The van der Waals surface area contributed by atoms with Crippen molar-refractivity contribution in [1.82, 2.24) is 14.9 Å². The van der Waals surface area contributed by atoms with Crippen molar-refractivity contribution in [3.63, 3.8) is 0 Å². The lowest BCUT2D eigenvalue weighted by Crippen LogP contribution is -2.27. The normalized spacial score (nSPS) is 11.1. The number of halogens is 2. The molecule has 0 unspecified atom stereocenters. The Morgan fingerprint density at radius 2 is 1.97 bits per heavy atom. The largest absolute Gasteiger partial charge is 0.486 e. The van der Waals surface area contributed by atoms with E-state index in [1.54, 1.807) is 36.6 Å². The van der Waals surface area contributed by atoms with Crippen LogP contribution in [0.3, 0.4) is 0 Å². The number of nitrogens with one attached hydrogen (secondary N) is 1. The van der Waals surface area contributed by atoms with Gasteiger partial charge in [-0.1, -0.05) is 29.3 Å². The predicted octanol–water partition coefficient (Wildman–Crippen LogP) is 6.29. The van der Waals surface area contributed by atoms with E-state index in [0.717, 1.165) is 22.1 Å². The Hall–Kier alpha value is -2.36. The Morgan fingerprint density at radius 1 is 1.18 bits per heavy atom. The average molecular weight is 537 g/mol. The van der Waals surface area contributed by atoms with Gasteiger partial charge in [-0.05, 0) is 42.6 Å². The molecule has 6 nitrogen and oxygen atoms in total. The Morgan fingerprint density at radius 3 is 2.68 bits per heavy atom. The number of amides is 1. The first-order chi connectivity index (χ1) is 16.4. The van der Waals surface area contributed by atoms with Crippen molar-refractivity contribution in [1.29, 1.82) is 0 Å². The van der Waals surface area contributed by atoms with Crippen molar-refractivity contribution in [2.45, 2.75) is 20.1 Å². The molecule has 0 atom stereocenters. The highest BCUT2D eigenvalue weighted by molar-refractivity contribution is 7.10. The highest BCUT2D eigenvalue weighted by Crippen LogP contribution is 2.30. The summed E-state index contributed by atoms with van der Waals surface area (Å²) < 4.78 is 13.0. The molecule has 3 aromatic heterocycles. The third-order valence-corrected chi connectivity index (χ3v) is 7.23. The third kappa shape index (κ3) is 6.00. The quantitative estimate of drug-likeness (QED) is 0.242. The van der Waals surface area contributed by atoms with Crippen LogP contribution in [0.4, 0.5) is 0 Å². The zero-order valence-electron chi connectivity index (χ0n) is 18.6. The third-order valence-electron chi connectivity index (χ3n) is 5.11. The molecule has 34 heavy (non-hydrogen) atoms. The molecular formula is C24H23Cl2N3O3S2. The predicted molar refractivity (Wildman–Crippen MR) is 139 cm³/mol. The van der Waals surface area contributed by atoms with Gasteiger partial charge in [-0.25, -0.2) is 4.98 Å². The first-order valence-corrected chi connectivity index (χ1v) is 13.0. The van der Waals surface area contributed by atoms with Crippen LogP contribution in [0.25, 0.3) is 11.4 Å². The monoisotopic (exact) mass is 535 g/mol. The van der Waals surface area contributed by atoms with E-state index in [1.165, 1.54) is 16.2 Å². The van der Waals surface area contributed by atoms with Crippen LogP contribution in [-0.4, -0.2) is 35.7 Å². The van der Waals surface area contributed by atoms with Crippen molar-refractivity contribution >= 4 is 51.8 Å². The first-order valence-electron chi connectivity index (χ1n) is 10.5. The van der Waals surface area contributed by atoms with E-state index in [9.17, 15) is 4.79 Å². The Kier molecular flexibility index (Phi) is 8.28. The molecule has 178 valence electrons. The summed E-state index contributed by atoms with van der Waals surface area (Å²) in [4.78, 5) is 18.8. The zero-order chi connectivity index (χ0) is 24.1. The second-order valence-corrected chi connectivity index (χ2v) is 10.3. The van der Waals surface area contributed by atoms with Crippen LogP contribution in [-0.2, 0) is 17.9 Å². The van der Waals surface area contributed by atoms with Crippen LogP contribution in [0, 0.1) is 6.92 Å². The summed E-state index contributed by atoms with van der Waals surface area (Å²) >= 11 is 15.3. The van der Waals surface area contributed by atoms with Crippen LogP contribution >= 0.6 is 45.9 Å². The molecule has 0 aliphatic carbocycles. The average Bonchev–Trinajstić information content (AvgIpc) is 3.54. The Labute approximate surface area is 216 Å². The van der Waals surface area contributed by atoms with Crippen molar-refractivity contribution < 1.29 is 14.3 Å². The highest BCUT2D eigenvalue weighted by atomic mass is 35.5. The number of benzene rings is 1. The van der Waals surface area contributed by atoms with Gasteiger partial charge in [0.05, 0.1) is 30.1 Å². The van der Waals surface area contributed by atoms with Gasteiger partial charge < -0.3 is 19.4 Å². The number of thiazole rings is 1. The maximum absolute atomic E-state index is 12.8. The molecule has 0 saturated carbocycles. The Balaban J connectivity index is 1.58. The van der Waals surface area contributed by atoms with Gasteiger partial charge >= 0.3 is 0 Å². The van der Waals surface area contributed by atoms with E-state index in [4.69, 9.17) is 37.7 Å². The van der Waals surface area contributed by atoms with Gasteiger partial charge in [-0.2, -0.15) is 0 Å². The van der Waals surface area contributed by atoms with Crippen molar-refractivity contribution in [3.8, 4) is 17.1 Å². The minimum atomic E-state index is -0.127. The lowest BCUT2D eigenvalue weighted by molar-refractivity contribution is 0.0936. The van der Waals surface area contributed by atoms with Crippen LogP contribution in [0.1, 0.15) is 25.9 Å². The minimum Gasteiger partial charge on any atom is -0.486 e. The molecule has 0 aliphatic heterocycles. The summed E-state index contributed by atoms with van der Waals surface area (Å²) in [5.74, 6) is 0.457. The summed E-state index contributed by atoms with van der Waals surface area (Å²) in [6.45, 7) is 3.82. The molecule has 4 rings (SSSR count). The molecule has 0 saturated heterocycles. The molecule has 1 N–H and O–H groups in total. The second-order valence-electron chi connectivity index (χ2n) is 7.46. The van der Waals surface area contributed by atoms with E-state index in [2.05, 4.69) is 16.0 Å². The molecule has 0 bridgehead atoms. The summed E-state index contributed by atoms with van der Waals surface area (Å²) in [6, 6.07) is 11.1. The number of methoxy groups -OCH3 is 1. The molecular weight excluding hydrogens is 513 g/mol. The first kappa shape index (κ1) is 24.8. The number of aromatic nitrogens is 2. The van der Waals surface area contributed by atoms with E-state index in [1.807, 2.05) is 29.8 Å². The topological polar surface area (TPSA) is 65.4 Å². The van der Waals surface area contributed by atoms with Gasteiger partial charge in [0.15, 0.2) is 0 Å². The van der Waals surface area contributed by atoms with Gasteiger partial charge in [0, 0.05) is 39.7 Å². The van der Waals surface area contributed by atoms with Gasteiger partial charge in [0.2, 0.25) is 0 Å². The molecule has 0 spiro atoms. The fourth-order valence-electron chi connectivity index (χ4n) is 3.46. The van der Waals surface area contributed by atoms with Crippen molar-refractivity contribution in [2.75, 3.05) is 20.3 Å². The molecule has 0 radical (unpaired) electrons. The zero-order valence-corrected chi connectivity index (χ0v) is 21.8. The Bertz CT molecular complexity index is 1250. The standard InChI is InChI=1S/C24H23Cl2N3O3S2/c1-15-20(24(30)27-5-6-31-2)11-22(29(15)12-19-4-3-7-33-19)21-14-34-23(28-21)13-32-18-9-16(25)8-17(26)10-18/h3-4,7-11,14H,5-6,12-13H2,1-2H3,(H,27,30). The highest BCUT2D eigenvalue weighted by Gasteiger charge is 2.20. The lowest BCUT2D eigenvalue weighted by Gasteiger charge is -2.10. The number of carbonyl (C=O) groups is 1. The number of rotatable bonds is 10. The number of hydrogen-bond donors (Lipinski definition) is 1. The molecule has 1 aromatic carbocycles. The van der Waals surface area contributed by atoms with Gasteiger partial charge in [0.25, 0.3) is 5.91 Å². The molecule has 0 aliphatic rings. The number of ether oxygens (including phenoxy) is 2. The smallest absolute Gasteiger partial charge is 0.253 e. The second kappa shape index (κ2) is 11.4. The summed E-state index contributed by atoms with van der Waals surface area (Å²) in [6.07, 6.45) is 0. The maximum atomic E-state index is 12.8. The van der Waals surface area contributed by atoms with E-state index in [-0.39, 0.29) is 12.5 Å². The van der Waals surface area contributed by atoms with Crippen LogP contribution in [0.15, 0.2) is 47.2 Å². The summed E-state index contributed by atoms with van der Waals surface area (Å²) in [7, 11) is 1.61. The van der Waals surface area contributed by atoms with Crippen molar-refractivity contribution in [3.05, 3.63) is 78.3 Å². The fraction of sp³-hybridized carbons (Fsp3) is 0.250. The molecule has 4 aromatic rings. The van der Waals surface area contributed by atoms with E-state index in [0.29, 0.717) is 41.1 Å². The van der Waals surface area contributed by atoms with E-state index < -0.39 is 0 Å². The number of nitrogens with zero attached hydrogens (tertiary/aromatic N) is 2. The van der Waals surface area contributed by atoms with Gasteiger partial charge in [0.1, 0.15) is 17.4 Å². The van der Waals surface area contributed by atoms with Crippen LogP contribution in [0.5, 0.6) is 5.75 Å². The number of thiophene rings is 1. The minimum absolute atomic E-state index is 0.127. The molecule has 0 fully saturated rings. The maximum Gasteiger partial charge on any atom is 0.253 e. The fourth-order valence-corrected chi connectivity index (χ4v) is 5.36. The summed E-state index contributed by atoms with van der Waals surface area (Å²) in [5.41, 5.74) is 3.19. The molecule has 3 heterocycles. The van der Waals surface area contributed by atoms with Crippen molar-refractivity contribution in [2.24, 2.45) is 0 Å². The number of carbonyl (C=O) groups excluding carboxylic acids is 1. The van der Waals surface area contributed by atoms with Gasteiger partial charge in [-0.3, -0.25) is 4.79 Å². The number of hydrogen-bond acceptors (Lipinski definition) is 6. The van der Waals surface area contributed by atoms with E-state index >= 15 is 0 Å². The lowest BCUT2D eigenvalue weighted by atomic mass is 10.2. The molecule has 1 amide bonds. The SMILES string of the molecule is COCCNC(=O)c1cc(-c2csc(COc3cc(Cl)cc(Cl)c3)n2)n(Cc2cccs2)c1C.